The average Bonchev–Trinajstić information content (AvgIpc) is 2.73. The van der Waals surface area contributed by atoms with Gasteiger partial charge in [0.15, 0.2) is 17.2 Å². The van der Waals surface area contributed by atoms with Gasteiger partial charge in [-0.25, -0.2) is 4.39 Å². The van der Waals surface area contributed by atoms with Crippen LogP contribution in [0.15, 0.2) is 60.7 Å². The minimum absolute atomic E-state index is 0.0167. The lowest BCUT2D eigenvalue weighted by atomic mass is 9.96. The molecule has 1 aliphatic carbocycles. The SMILES string of the molecule is CC(C)[I+]C1(F)C=CC(F)C(F)(F)C1(F)F.Cc1ccc([I+]c2ccc(C(C)C)cc2)cc1. The van der Waals surface area contributed by atoms with Gasteiger partial charge in [0, 0.05) is 6.08 Å². The van der Waals surface area contributed by atoms with Gasteiger partial charge in [0.2, 0.25) is 0 Å². The van der Waals surface area contributed by atoms with Crippen molar-refractivity contribution in [2.45, 2.75) is 66.2 Å². The number of alkyl halides is 8. The van der Waals surface area contributed by atoms with Gasteiger partial charge < -0.3 is 0 Å². The van der Waals surface area contributed by atoms with E-state index in [0.29, 0.717) is 5.92 Å². The quantitative estimate of drug-likeness (QED) is 0.193. The molecule has 0 radical (unpaired) electrons. The highest BCUT2D eigenvalue weighted by Crippen LogP contribution is 2.47. The van der Waals surface area contributed by atoms with Gasteiger partial charge in [0.25, 0.3) is 0 Å². The second kappa shape index (κ2) is 11.3. The van der Waals surface area contributed by atoms with Crippen LogP contribution >= 0.6 is 0 Å². The zero-order valence-electron chi connectivity index (χ0n) is 19.0. The first-order valence-corrected chi connectivity index (χ1v) is 14.9. The minimum Gasteiger partial charge on any atom is -0.236 e. The maximum Gasteiger partial charge on any atom is 0.394 e. The summed E-state index contributed by atoms with van der Waals surface area (Å²) in [6, 6.07) is 18.1. The van der Waals surface area contributed by atoms with Crippen molar-refractivity contribution in [3.05, 3.63) is 79.0 Å². The molecule has 0 bridgehead atoms. The van der Waals surface area contributed by atoms with E-state index in [4.69, 9.17) is 0 Å². The van der Waals surface area contributed by atoms with E-state index in [-0.39, 0.29) is 33.4 Å². The van der Waals surface area contributed by atoms with E-state index in [0.717, 1.165) is 0 Å². The summed E-state index contributed by atoms with van der Waals surface area (Å²) >= 11 is -1.88. The maximum absolute atomic E-state index is 13.8. The molecule has 0 heterocycles. The van der Waals surface area contributed by atoms with Crippen molar-refractivity contribution in [3.63, 3.8) is 0 Å². The first-order chi connectivity index (χ1) is 15.2. The van der Waals surface area contributed by atoms with Crippen LogP contribution in [0.3, 0.4) is 0 Å². The van der Waals surface area contributed by atoms with Gasteiger partial charge in [-0.1, -0.05) is 43.7 Å². The summed E-state index contributed by atoms with van der Waals surface area (Å²) in [6.45, 7) is 9.56. The number of rotatable bonds is 5. The van der Waals surface area contributed by atoms with Crippen LogP contribution in [0, 0.1) is 14.1 Å². The van der Waals surface area contributed by atoms with Gasteiger partial charge >= 0.3 is 57.9 Å². The molecule has 0 fully saturated rings. The van der Waals surface area contributed by atoms with Crippen molar-refractivity contribution in [1.29, 1.82) is 0 Å². The van der Waals surface area contributed by atoms with Crippen LogP contribution < -0.4 is 42.4 Å². The van der Waals surface area contributed by atoms with Crippen molar-refractivity contribution in [3.8, 4) is 0 Å². The number of halogens is 8. The molecule has 2 unspecified atom stereocenters. The van der Waals surface area contributed by atoms with E-state index < -0.39 is 46.8 Å². The Morgan fingerprint density at radius 3 is 1.73 bits per heavy atom. The lowest BCUT2D eigenvalue weighted by molar-refractivity contribution is -0.788. The van der Waals surface area contributed by atoms with E-state index in [1.54, 1.807) is 0 Å². The summed E-state index contributed by atoms with van der Waals surface area (Å²) in [5.74, 6) is -9.33. The lowest BCUT2D eigenvalue weighted by Gasteiger charge is -2.34. The van der Waals surface area contributed by atoms with Crippen molar-refractivity contribution >= 4 is 0 Å². The van der Waals surface area contributed by atoms with Crippen LogP contribution in [0.4, 0.5) is 26.3 Å². The predicted molar refractivity (Wildman–Crippen MR) is 112 cm³/mol. The van der Waals surface area contributed by atoms with Crippen LogP contribution in [0.5, 0.6) is 0 Å². The highest BCUT2D eigenvalue weighted by atomic mass is 127. The Kier molecular flexibility index (Phi) is 9.75. The summed E-state index contributed by atoms with van der Waals surface area (Å²) in [6.07, 6.45) is -2.68. The summed E-state index contributed by atoms with van der Waals surface area (Å²) in [7, 11) is 0. The molecule has 0 aliphatic heterocycles. The molecule has 33 heavy (non-hydrogen) atoms. The van der Waals surface area contributed by atoms with Crippen LogP contribution in [-0.2, 0) is 0 Å². The Bertz CT molecular complexity index is 923. The Morgan fingerprint density at radius 1 is 0.788 bits per heavy atom. The third-order valence-corrected chi connectivity index (χ3v) is 10.7. The molecule has 2 aromatic rings. The Balaban J connectivity index is 0.000000234. The van der Waals surface area contributed by atoms with Crippen molar-refractivity contribution in [1.82, 2.24) is 0 Å². The van der Waals surface area contributed by atoms with Crippen molar-refractivity contribution in [2.75, 3.05) is 0 Å². The number of allylic oxidation sites excluding steroid dienone is 2. The number of hydrogen-bond donors (Lipinski definition) is 0. The number of aryl methyl sites for hydroxylation is 1. The van der Waals surface area contributed by atoms with Crippen LogP contribution in [-0.4, -0.2) is 25.6 Å². The molecular formula is C25H28F6I2+2. The fourth-order valence-electron chi connectivity index (χ4n) is 2.88. The maximum atomic E-state index is 13.8. The summed E-state index contributed by atoms with van der Waals surface area (Å²) < 4.78 is 78.0. The summed E-state index contributed by atoms with van der Waals surface area (Å²) in [5, 5.41) is 0. The van der Waals surface area contributed by atoms with Gasteiger partial charge in [-0.2, -0.15) is 22.0 Å². The normalized spacial score (nSPS) is 23.4. The molecule has 8 heteroatoms. The van der Waals surface area contributed by atoms with Gasteiger partial charge in [-0.05, 0) is 62.6 Å². The smallest absolute Gasteiger partial charge is 0.236 e. The molecule has 0 amide bonds. The molecule has 1 aliphatic rings. The molecule has 0 saturated heterocycles. The molecule has 0 saturated carbocycles. The highest BCUT2D eigenvalue weighted by molar-refractivity contribution is 5.19. The Morgan fingerprint density at radius 2 is 1.27 bits per heavy atom. The largest absolute Gasteiger partial charge is 0.394 e. The highest BCUT2D eigenvalue weighted by Gasteiger charge is 2.80. The fraction of sp³-hybridized carbons (Fsp3) is 0.440. The fourth-order valence-corrected chi connectivity index (χ4v) is 8.02. The van der Waals surface area contributed by atoms with Crippen LogP contribution in [0.25, 0.3) is 0 Å². The third-order valence-electron chi connectivity index (χ3n) is 4.80. The molecular weight excluding hydrogens is 668 g/mol. The second-order valence-corrected chi connectivity index (χ2v) is 16.0. The predicted octanol–water partition coefficient (Wildman–Crippen LogP) is 1.57. The molecule has 3 rings (SSSR count). The molecule has 0 nitrogen and oxygen atoms in total. The summed E-state index contributed by atoms with van der Waals surface area (Å²) in [4.78, 5) is 0. The van der Waals surface area contributed by atoms with Crippen LogP contribution in [0.1, 0.15) is 44.7 Å². The first-order valence-electron chi connectivity index (χ1n) is 10.4. The van der Waals surface area contributed by atoms with Gasteiger partial charge in [0.05, 0.1) is 0 Å². The van der Waals surface area contributed by atoms with Gasteiger partial charge in [-0.15, -0.1) is 0 Å². The van der Waals surface area contributed by atoms with Crippen LogP contribution in [0.2, 0.25) is 0 Å². The molecule has 0 spiro atoms. The molecule has 2 atom stereocenters. The molecule has 0 N–H and O–H groups in total. The van der Waals surface area contributed by atoms with Crippen molar-refractivity contribution < 1.29 is 68.8 Å². The van der Waals surface area contributed by atoms with E-state index in [2.05, 4.69) is 69.3 Å². The van der Waals surface area contributed by atoms with Crippen molar-refractivity contribution in [2.24, 2.45) is 0 Å². The van der Waals surface area contributed by atoms with Gasteiger partial charge in [0.1, 0.15) is 0 Å². The average molecular weight is 696 g/mol. The Labute approximate surface area is 212 Å². The zero-order chi connectivity index (χ0) is 25.0. The monoisotopic (exact) mass is 696 g/mol. The number of hydrogen-bond acceptors (Lipinski definition) is 0. The first kappa shape index (κ1) is 28.5. The van der Waals surface area contributed by atoms with E-state index in [1.165, 1.54) is 32.1 Å². The third kappa shape index (κ3) is 6.89. The van der Waals surface area contributed by atoms with E-state index in [1.807, 2.05) is 0 Å². The minimum atomic E-state index is -4.98. The van der Waals surface area contributed by atoms with E-state index >= 15 is 0 Å². The zero-order valence-corrected chi connectivity index (χ0v) is 23.3. The lowest BCUT2D eigenvalue weighted by Crippen LogP contribution is -3.71. The topological polar surface area (TPSA) is 0 Å². The molecule has 2 aromatic carbocycles. The molecule has 0 aromatic heterocycles. The summed E-state index contributed by atoms with van der Waals surface area (Å²) in [5.41, 5.74) is 2.77. The number of benzene rings is 2. The standard InChI is InChI=1S/C16H18I.C9H10F6I/c1-12(2)14-6-10-16(11-7-14)17-15-8-4-13(3)5-9-15;1-5(2)16-7(11)4-3-6(10)8(12,13)9(7,14)15/h4-12H,1-3H3;3-6H,1-2H3/q2*+1. The van der Waals surface area contributed by atoms with E-state index in [9.17, 15) is 26.3 Å². The van der Waals surface area contributed by atoms with Gasteiger partial charge in [-0.3, -0.25) is 0 Å². The Hall–Kier alpha value is -0.780. The second-order valence-electron chi connectivity index (χ2n) is 8.30. The molecule has 182 valence electrons.